The van der Waals surface area contributed by atoms with Gasteiger partial charge in [-0.1, -0.05) is 25.7 Å². The molecule has 0 aromatic heterocycles. The highest BCUT2D eigenvalue weighted by Gasteiger charge is 2.38. The maximum atomic E-state index is 9.59. The van der Waals surface area contributed by atoms with Gasteiger partial charge in [-0.15, -0.1) is 0 Å². The standard InChI is InChI=1S/C22H31NO3.C3H6O2/c1-15(2)10-18-14-23-8-7-17-12-21(25-3)22(26-4)13-19(17)20(23)11-16(18)6-5-9-24;1-3(4)5-2/h12-13,15-16,18,20,24H,7-11,14H2,1-4H3;1-2H3/t16?,18-,20-;/m1./s1. The SMILES string of the molecule is COC(C)=O.COc1cc2c(cc1OC)[C@H]1CC(C#CCO)[C@H](CC(C)C)CN1CC2. The van der Waals surface area contributed by atoms with Crippen molar-refractivity contribution in [1.29, 1.82) is 0 Å². The second-order valence-electron chi connectivity index (χ2n) is 8.57. The van der Waals surface area contributed by atoms with Gasteiger partial charge in [0.1, 0.15) is 6.61 Å². The summed E-state index contributed by atoms with van der Waals surface area (Å²) in [5.41, 5.74) is 2.72. The van der Waals surface area contributed by atoms with Crippen LogP contribution in [0.2, 0.25) is 0 Å². The molecule has 0 radical (unpaired) electrons. The van der Waals surface area contributed by atoms with E-state index in [1.54, 1.807) is 14.2 Å². The molecule has 2 aliphatic heterocycles. The van der Waals surface area contributed by atoms with Gasteiger partial charge in [-0.3, -0.25) is 9.69 Å². The number of rotatable bonds is 4. The Morgan fingerprint density at radius 2 is 1.87 bits per heavy atom. The van der Waals surface area contributed by atoms with Crippen LogP contribution >= 0.6 is 0 Å². The van der Waals surface area contributed by atoms with E-state index in [4.69, 9.17) is 14.6 Å². The molecule has 0 bridgehead atoms. The van der Waals surface area contributed by atoms with Gasteiger partial charge in [-0.05, 0) is 54.4 Å². The molecule has 0 spiro atoms. The van der Waals surface area contributed by atoms with E-state index in [1.165, 1.54) is 31.6 Å². The van der Waals surface area contributed by atoms with E-state index in [9.17, 15) is 4.79 Å². The van der Waals surface area contributed by atoms with Gasteiger partial charge >= 0.3 is 5.97 Å². The van der Waals surface area contributed by atoms with Gasteiger partial charge in [0.2, 0.25) is 0 Å². The average Bonchev–Trinajstić information content (AvgIpc) is 2.76. The molecule has 6 nitrogen and oxygen atoms in total. The van der Waals surface area contributed by atoms with Crippen molar-refractivity contribution in [3.05, 3.63) is 23.3 Å². The van der Waals surface area contributed by atoms with Crippen LogP contribution in [-0.2, 0) is 16.0 Å². The quantitative estimate of drug-likeness (QED) is 0.582. The zero-order chi connectivity index (χ0) is 23.0. The Kier molecular flexibility index (Phi) is 9.67. The lowest BCUT2D eigenvalue weighted by Crippen LogP contribution is -2.46. The number of esters is 1. The van der Waals surface area contributed by atoms with E-state index in [0.29, 0.717) is 23.8 Å². The average molecular weight is 432 g/mol. The Morgan fingerprint density at radius 1 is 1.23 bits per heavy atom. The van der Waals surface area contributed by atoms with Gasteiger partial charge in [0.05, 0.1) is 21.3 Å². The van der Waals surface area contributed by atoms with Crippen LogP contribution < -0.4 is 9.47 Å². The van der Waals surface area contributed by atoms with E-state index in [1.807, 2.05) is 0 Å². The van der Waals surface area contributed by atoms with E-state index < -0.39 is 0 Å². The summed E-state index contributed by atoms with van der Waals surface area (Å²) < 4.78 is 15.1. The number of methoxy groups -OCH3 is 3. The van der Waals surface area contributed by atoms with Crippen molar-refractivity contribution >= 4 is 5.97 Å². The molecule has 0 aliphatic carbocycles. The summed E-state index contributed by atoms with van der Waals surface area (Å²) in [5.74, 6) is 9.23. The number of aliphatic hydroxyl groups is 1. The molecular weight excluding hydrogens is 394 g/mol. The van der Waals surface area contributed by atoms with Crippen molar-refractivity contribution in [2.45, 2.75) is 46.1 Å². The number of hydrogen-bond donors (Lipinski definition) is 1. The number of ether oxygens (including phenoxy) is 3. The summed E-state index contributed by atoms with van der Waals surface area (Å²) in [5, 5.41) is 9.17. The summed E-state index contributed by atoms with van der Waals surface area (Å²) in [6, 6.07) is 4.67. The largest absolute Gasteiger partial charge is 0.493 e. The van der Waals surface area contributed by atoms with Crippen molar-refractivity contribution in [3.63, 3.8) is 0 Å². The Bertz CT molecular complexity index is 795. The predicted octanol–water partition coefficient (Wildman–Crippen LogP) is 3.46. The van der Waals surface area contributed by atoms with Crippen molar-refractivity contribution in [3.8, 4) is 23.3 Å². The zero-order valence-corrected chi connectivity index (χ0v) is 19.7. The number of carbonyl (C=O) groups excluding carboxylic acids is 1. The monoisotopic (exact) mass is 431 g/mol. The third-order valence-electron chi connectivity index (χ3n) is 6.06. The van der Waals surface area contributed by atoms with Crippen LogP contribution in [0.4, 0.5) is 0 Å². The first-order valence-electron chi connectivity index (χ1n) is 11.0. The third kappa shape index (κ3) is 6.62. The molecule has 1 fully saturated rings. The van der Waals surface area contributed by atoms with Crippen LogP contribution in [0, 0.1) is 29.6 Å². The predicted molar refractivity (Wildman–Crippen MR) is 121 cm³/mol. The van der Waals surface area contributed by atoms with Gasteiger partial charge in [-0.2, -0.15) is 0 Å². The fourth-order valence-electron chi connectivity index (χ4n) is 4.63. The van der Waals surface area contributed by atoms with E-state index >= 15 is 0 Å². The van der Waals surface area contributed by atoms with Crippen molar-refractivity contribution in [2.24, 2.45) is 17.8 Å². The summed E-state index contributed by atoms with van der Waals surface area (Å²) in [7, 11) is 4.74. The molecule has 31 heavy (non-hydrogen) atoms. The normalized spacial score (nSPS) is 22.1. The first-order chi connectivity index (χ1) is 14.8. The molecule has 1 saturated heterocycles. The first kappa shape index (κ1) is 25.0. The number of carbonyl (C=O) groups is 1. The maximum Gasteiger partial charge on any atom is 0.302 e. The molecule has 172 valence electrons. The van der Waals surface area contributed by atoms with Gasteiger partial charge in [0, 0.05) is 32.0 Å². The lowest BCUT2D eigenvalue weighted by Gasteiger charge is -2.46. The molecule has 2 aliphatic rings. The fraction of sp³-hybridized carbons (Fsp3) is 0.640. The highest BCUT2D eigenvalue weighted by Crippen LogP contribution is 2.45. The van der Waals surface area contributed by atoms with E-state index in [0.717, 1.165) is 37.4 Å². The summed E-state index contributed by atoms with van der Waals surface area (Å²) in [6.07, 6.45) is 3.26. The second-order valence-corrected chi connectivity index (χ2v) is 8.57. The van der Waals surface area contributed by atoms with Crippen LogP contribution in [0.1, 0.15) is 50.8 Å². The molecule has 2 heterocycles. The highest BCUT2D eigenvalue weighted by atomic mass is 16.5. The molecular formula is C25H37NO5. The van der Waals surface area contributed by atoms with Gasteiger partial charge in [0.25, 0.3) is 0 Å². The minimum absolute atomic E-state index is 0.0547. The minimum atomic E-state index is -0.245. The van der Waals surface area contributed by atoms with E-state index in [2.05, 4.69) is 47.5 Å². The number of nitrogens with zero attached hydrogens (tertiary/aromatic N) is 1. The lowest BCUT2D eigenvalue weighted by molar-refractivity contribution is -0.137. The van der Waals surface area contributed by atoms with Crippen LogP contribution in [-0.4, -0.2) is 57.0 Å². The first-order valence-corrected chi connectivity index (χ1v) is 11.0. The van der Waals surface area contributed by atoms with Crippen LogP contribution in [0.25, 0.3) is 0 Å². The van der Waals surface area contributed by atoms with Crippen molar-refractivity contribution < 1.29 is 24.1 Å². The molecule has 0 amide bonds. The van der Waals surface area contributed by atoms with E-state index in [-0.39, 0.29) is 12.6 Å². The smallest absolute Gasteiger partial charge is 0.302 e. The third-order valence-corrected chi connectivity index (χ3v) is 6.06. The lowest BCUT2D eigenvalue weighted by atomic mass is 9.74. The summed E-state index contributed by atoms with van der Waals surface area (Å²) in [6.45, 7) is 8.04. The molecule has 1 unspecified atom stereocenters. The molecule has 3 atom stereocenters. The Hall–Kier alpha value is -2.23. The molecule has 6 heteroatoms. The van der Waals surface area contributed by atoms with Crippen LogP contribution in [0.5, 0.6) is 11.5 Å². The molecule has 0 saturated carbocycles. The van der Waals surface area contributed by atoms with Gasteiger partial charge in [-0.25, -0.2) is 0 Å². The molecule has 3 rings (SSSR count). The number of fused-ring (bicyclic) bond motifs is 3. The molecule has 1 N–H and O–H groups in total. The number of piperidine rings is 1. The maximum absolute atomic E-state index is 9.59. The van der Waals surface area contributed by atoms with Crippen molar-refractivity contribution in [2.75, 3.05) is 41.0 Å². The number of hydrogen-bond acceptors (Lipinski definition) is 6. The van der Waals surface area contributed by atoms with Gasteiger partial charge < -0.3 is 19.3 Å². The summed E-state index contributed by atoms with van der Waals surface area (Å²) in [4.78, 5) is 12.2. The summed E-state index contributed by atoms with van der Waals surface area (Å²) >= 11 is 0. The van der Waals surface area contributed by atoms with Crippen LogP contribution in [0.15, 0.2) is 12.1 Å². The fourth-order valence-corrected chi connectivity index (χ4v) is 4.63. The molecule has 1 aromatic rings. The Labute approximate surface area is 186 Å². The topological polar surface area (TPSA) is 68.2 Å². The molecule has 1 aromatic carbocycles. The van der Waals surface area contributed by atoms with Gasteiger partial charge in [0.15, 0.2) is 11.5 Å². The minimum Gasteiger partial charge on any atom is -0.493 e. The van der Waals surface area contributed by atoms with Crippen molar-refractivity contribution in [1.82, 2.24) is 4.90 Å². The zero-order valence-electron chi connectivity index (χ0n) is 19.7. The number of benzene rings is 1. The Balaban J connectivity index is 0.000000614. The van der Waals surface area contributed by atoms with Crippen LogP contribution in [0.3, 0.4) is 0 Å². The highest BCUT2D eigenvalue weighted by molar-refractivity contribution is 5.65. The Morgan fingerprint density at radius 3 is 2.42 bits per heavy atom. The second kappa shape index (κ2) is 12.0. The number of aliphatic hydroxyl groups excluding tert-OH is 1.